The van der Waals surface area contributed by atoms with Crippen LogP contribution in [0, 0.1) is 5.92 Å². The molecule has 1 N–H and O–H groups in total. The molecule has 4 nitrogen and oxygen atoms in total. The Morgan fingerprint density at radius 2 is 2.41 bits per heavy atom. The summed E-state index contributed by atoms with van der Waals surface area (Å²) >= 11 is 5.09. The number of hydrogen-bond donors (Lipinski definition) is 1. The molecule has 0 saturated heterocycles. The standard InChI is InChI=1S/C12H15N3OS/c1-16-8-4-7-13-11-9-5-2-3-6-10(9)14-12(17)15-11/h2-3,5-6,9H,4,7-8H2,1H3,(H,13,15,17). The van der Waals surface area contributed by atoms with Crippen LogP contribution in [0.25, 0.3) is 0 Å². The van der Waals surface area contributed by atoms with Gasteiger partial charge in [-0.25, -0.2) is 4.99 Å². The number of amidine groups is 1. The molecule has 17 heavy (non-hydrogen) atoms. The van der Waals surface area contributed by atoms with Gasteiger partial charge in [0.2, 0.25) is 0 Å². The summed E-state index contributed by atoms with van der Waals surface area (Å²) in [6.07, 6.45) is 8.93. The lowest BCUT2D eigenvalue weighted by Crippen LogP contribution is -2.42. The number of fused-ring (bicyclic) bond motifs is 1. The van der Waals surface area contributed by atoms with E-state index in [1.54, 1.807) is 7.11 Å². The first-order valence-corrected chi connectivity index (χ1v) is 6.00. The van der Waals surface area contributed by atoms with Crippen molar-refractivity contribution in [1.82, 2.24) is 5.32 Å². The maximum Gasteiger partial charge on any atom is 0.198 e. The third kappa shape index (κ3) is 3.08. The van der Waals surface area contributed by atoms with Crippen LogP contribution in [-0.4, -0.2) is 36.9 Å². The molecule has 0 bridgehead atoms. The minimum atomic E-state index is 0.120. The summed E-state index contributed by atoms with van der Waals surface area (Å²) in [7, 11) is 1.69. The van der Waals surface area contributed by atoms with Crippen molar-refractivity contribution in [3.63, 3.8) is 0 Å². The Hall–Kier alpha value is -1.33. The van der Waals surface area contributed by atoms with E-state index in [1.807, 2.05) is 18.2 Å². The van der Waals surface area contributed by atoms with Gasteiger partial charge in [0, 0.05) is 20.3 Å². The Morgan fingerprint density at radius 3 is 3.24 bits per heavy atom. The average Bonchev–Trinajstić information content (AvgIpc) is 2.34. The van der Waals surface area contributed by atoms with Crippen LogP contribution >= 0.6 is 12.2 Å². The van der Waals surface area contributed by atoms with Crippen molar-refractivity contribution >= 4 is 28.9 Å². The van der Waals surface area contributed by atoms with E-state index >= 15 is 0 Å². The number of hydrogen-bond acceptors (Lipinski definition) is 3. The summed E-state index contributed by atoms with van der Waals surface area (Å²) < 4.78 is 4.99. The second kappa shape index (κ2) is 5.84. The normalized spacial score (nSPS) is 24.5. The summed E-state index contributed by atoms with van der Waals surface area (Å²) in [4.78, 5) is 8.82. The lowest BCUT2D eigenvalue weighted by molar-refractivity contribution is 0.197. The zero-order valence-corrected chi connectivity index (χ0v) is 10.5. The second-order valence-electron chi connectivity index (χ2n) is 3.80. The van der Waals surface area contributed by atoms with Gasteiger partial charge < -0.3 is 10.1 Å². The number of thiocarbonyl (C=S) groups is 1. The zero-order chi connectivity index (χ0) is 12.1. The molecule has 0 saturated carbocycles. The van der Waals surface area contributed by atoms with Gasteiger partial charge in [0.05, 0.1) is 11.6 Å². The van der Waals surface area contributed by atoms with Crippen molar-refractivity contribution in [2.75, 3.05) is 20.3 Å². The van der Waals surface area contributed by atoms with Crippen molar-refractivity contribution in [3.8, 4) is 0 Å². The maximum absolute atomic E-state index is 5.09. The lowest BCUT2D eigenvalue weighted by Gasteiger charge is -2.24. The molecule has 0 fully saturated rings. The van der Waals surface area contributed by atoms with Gasteiger partial charge in [0.25, 0.3) is 0 Å². The quantitative estimate of drug-likeness (QED) is 0.606. The van der Waals surface area contributed by atoms with E-state index in [0.717, 1.165) is 31.1 Å². The van der Waals surface area contributed by atoms with Crippen molar-refractivity contribution < 1.29 is 4.74 Å². The molecule has 0 radical (unpaired) electrons. The van der Waals surface area contributed by atoms with E-state index in [9.17, 15) is 0 Å². The number of methoxy groups -OCH3 is 1. The van der Waals surface area contributed by atoms with Gasteiger partial charge in [-0.2, -0.15) is 0 Å². The highest BCUT2D eigenvalue weighted by atomic mass is 32.1. The number of aliphatic imine (C=N–C) groups is 2. The van der Waals surface area contributed by atoms with E-state index in [1.165, 1.54) is 0 Å². The average molecular weight is 249 g/mol. The molecule has 1 atom stereocenters. The Balaban J connectivity index is 2.07. The van der Waals surface area contributed by atoms with Gasteiger partial charge in [0.1, 0.15) is 5.84 Å². The van der Waals surface area contributed by atoms with E-state index in [2.05, 4.69) is 21.4 Å². The molecule has 2 aliphatic rings. The highest BCUT2D eigenvalue weighted by Gasteiger charge is 2.24. The SMILES string of the molecule is COCCCN=C1NC(=S)N=C2C=CC=CC21. The smallest absolute Gasteiger partial charge is 0.198 e. The van der Waals surface area contributed by atoms with E-state index in [0.29, 0.717) is 5.11 Å². The van der Waals surface area contributed by atoms with Crippen LogP contribution < -0.4 is 5.32 Å². The number of nitrogens with one attached hydrogen (secondary N) is 1. The Labute approximate surface area is 106 Å². The van der Waals surface area contributed by atoms with Crippen LogP contribution in [0.5, 0.6) is 0 Å². The highest BCUT2D eigenvalue weighted by Crippen LogP contribution is 2.15. The van der Waals surface area contributed by atoms with Crippen LogP contribution in [-0.2, 0) is 4.74 Å². The second-order valence-corrected chi connectivity index (χ2v) is 4.19. The number of nitrogens with zero attached hydrogens (tertiary/aromatic N) is 2. The first-order valence-electron chi connectivity index (χ1n) is 5.59. The zero-order valence-electron chi connectivity index (χ0n) is 9.72. The van der Waals surface area contributed by atoms with E-state index in [-0.39, 0.29) is 5.92 Å². The predicted molar refractivity (Wildman–Crippen MR) is 73.7 cm³/mol. The van der Waals surface area contributed by atoms with Crippen LogP contribution in [0.4, 0.5) is 0 Å². The van der Waals surface area contributed by atoms with Gasteiger partial charge in [-0.3, -0.25) is 4.99 Å². The van der Waals surface area contributed by atoms with Crippen molar-refractivity contribution in [3.05, 3.63) is 24.3 Å². The molecule has 90 valence electrons. The highest BCUT2D eigenvalue weighted by molar-refractivity contribution is 7.80. The molecule has 1 heterocycles. The van der Waals surface area contributed by atoms with Crippen LogP contribution in [0.2, 0.25) is 0 Å². The first-order chi connectivity index (χ1) is 8.31. The maximum atomic E-state index is 5.09. The van der Waals surface area contributed by atoms with Gasteiger partial charge in [0.15, 0.2) is 5.11 Å². The minimum Gasteiger partial charge on any atom is -0.385 e. The number of allylic oxidation sites excluding steroid dienone is 3. The monoisotopic (exact) mass is 249 g/mol. The predicted octanol–water partition coefficient (Wildman–Crippen LogP) is 1.49. The Morgan fingerprint density at radius 1 is 1.53 bits per heavy atom. The summed E-state index contributed by atoms with van der Waals surface area (Å²) in [6, 6.07) is 0. The molecule has 1 aliphatic carbocycles. The molecular weight excluding hydrogens is 234 g/mol. The van der Waals surface area contributed by atoms with Crippen LogP contribution in [0.1, 0.15) is 6.42 Å². The molecule has 2 rings (SSSR count). The molecule has 0 amide bonds. The van der Waals surface area contributed by atoms with Crippen LogP contribution in [0.3, 0.4) is 0 Å². The molecule has 0 aromatic rings. The topological polar surface area (TPSA) is 46.0 Å². The minimum absolute atomic E-state index is 0.120. The van der Waals surface area contributed by atoms with E-state index < -0.39 is 0 Å². The molecule has 0 spiro atoms. The largest absolute Gasteiger partial charge is 0.385 e. The van der Waals surface area contributed by atoms with Crippen LogP contribution in [0.15, 0.2) is 34.3 Å². The molecule has 0 aromatic heterocycles. The molecule has 1 unspecified atom stereocenters. The molecule has 5 heteroatoms. The lowest BCUT2D eigenvalue weighted by atomic mass is 9.96. The van der Waals surface area contributed by atoms with Crippen molar-refractivity contribution in [1.29, 1.82) is 0 Å². The van der Waals surface area contributed by atoms with Gasteiger partial charge in [-0.05, 0) is 24.7 Å². The fraction of sp³-hybridized carbons (Fsp3) is 0.417. The Bertz CT molecular complexity index is 423. The van der Waals surface area contributed by atoms with Crippen molar-refractivity contribution in [2.45, 2.75) is 6.42 Å². The number of rotatable bonds is 4. The summed E-state index contributed by atoms with van der Waals surface area (Å²) in [5.41, 5.74) is 0.960. The van der Waals surface area contributed by atoms with Gasteiger partial charge in [-0.15, -0.1) is 0 Å². The fourth-order valence-corrected chi connectivity index (χ4v) is 1.96. The van der Waals surface area contributed by atoms with Gasteiger partial charge >= 0.3 is 0 Å². The third-order valence-electron chi connectivity index (χ3n) is 2.55. The molecular formula is C12H15N3OS. The Kier molecular flexibility index (Phi) is 4.17. The summed E-state index contributed by atoms with van der Waals surface area (Å²) in [5.74, 6) is 1.01. The van der Waals surface area contributed by atoms with E-state index in [4.69, 9.17) is 17.0 Å². The molecule has 0 aromatic carbocycles. The third-order valence-corrected chi connectivity index (χ3v) is 2.74. The summed E-state index contributed by atoms with van der Waals surface area (Å²) in [6.45, 7) is 1.46. The van der Waals surface area contributed by atoms with Crippen molar-refractivity contribution in [2.24, 2.45) is 15.9 Å². The van der Waals surface area contributed by atoms with Gasteiger partial charge in [-0.1, -0.05) is 18.2 Å². The number of ether oxygens (including phenoxy) is 1. The summed E-state index contributed by atoms with van der Waals surface area (Å²) in [5, 5.41) is 3.55. The molecule has 1 aliphatic heterocycles. The fourth-order valence-electron chi connectivity index (χ4n) is 1.75. The first kappa shape index (κ1) is 12.1.